The fourth-order valence-electron chi connectivity index (χ4n) is 1.66. The van der Waals surface area contributed by atoms with Crippen molar-refractivity contribution < 1.29 is 9.53 Å². The lowest BCUT2D eigenvalue weighted by molar-refractivity contribution is -0.125. The maximum absolute atomic E-state index is 11.2. The van der Waals surface area contributed by atoms with Crippen molar-refractivity contribution in [3.63, 3.8) is 0 Å². The van der Waals surface area contributed by atoms with Gasteiger partial charge in [0.2, 0.25) is 5.91 Å². The van der Waals surface area contributed by atoms with E-state index in [0.717, 1.165) is 32.0 Å². The molecule has 4 nitrogen and oxygen atoms in total. The summed E-state index contributed by atoms with van der Waals surface area (Å²) >= 11 is 0. The second-order valence-corrected chi connectivity index (χ2v) is 3.80. The standard InChI is InChI=1S/C11H20N2O2/c1-2-7-15-9-11(14)13-6-4-10-3-5-12-8-10/h2,10,12H,1,3-9H2,(H,13,14). The second kappa shape index (κ2) is 7.43. The van der Waals surface area contributed by atoms with Crippen molar-refractivity contribution in [2.24, 2.45) is 5.92 Å². The summed E-state index contributed by atoms with van der Waals surface area (Å²) in [6.07, 6.45) is 3.92. The van der Waals surface area contributed by atoms with Gasteiger partial charge in [0.05, 0.1) is 6.61 Å². The highest BCUT2D eigenvalue weighted by Gasteiger charge is 2.13. The lowest BCUT2D eigenvalue weighted by atomic mass is 10.1. The molecular formula is C11H20N2O2. The first-order chi connectivity index (χ1) is 7.33. The van der Waals surface area contributed by atoms with Crippen LogP contribution < -0.4 is 10.6 Å². The molecule has 0 saturated carbocycles. The predicted octanol–water partition coefficient (Wildman–Crippen LogP) is 0.305. The molecule has 1 aliphatic rings. The van der Waals surface area contributed by atoms with Crippen molar-refractivity contribution in [2.45, 2.75) is 12.8 Å². The lowest BCUT2D eigenvalue weighted by Gasteiger charge is -2.09. The summed E-state index contributed by atoms with van der Waals surface area (Å²) in [7, 11) is 0. The minimum absolute atomic E-state index is 0.0391. The number of ether oxygens (including phenoxy) is 1. The Morgan fingerprint density at radius 1 is 1.67 bits per heavy atom. The van der Waals surface area contributed by atoms with Crippen LogP contribution in [0, 0.1) is 5.92 Å². The number of amides is 1. The minimum atomic E-state index is -0.0391. The van der Waals surface area contributed by atoms with E-state index in [1.54, 1.807) is 6.08 Å². The molecule has 1 heterocycles. The summed E-state index contributed by atoms with van der Waals surface area (Å²) in [6.45, 7) is 7.02. The third-order valence-electron chi connectivity index (χ3n) is 2.51. The van der Waals surface area contributed by atoms with E-state index in [1.165, 1.54) is 6.42 Å². The molecule has 1 fully saturated rings. The molecule has 0 aromatic carbocycles. The lowest BCUT2D eigenvalue weighted by Crippen LogP contribution is -2.29. The van der Waals surface area contributed by atoms with Crippen LogP contribution in [0.4, 0.5) is 0 Å². The zero-order valence-electron chi connectivity index (χ0n) is 9.13. The van der Waals surface area contributed by atoms with Crippen LogP contribution >= 0.6 is 0 Å². The number of hydrogen-bond acceptors (Lipinski definition) is 3. The van der Waals surface area contributed by atoms with Gasteiger partial charge in [-0.2, -0.15) is 0 Å². The van der Waals surface area contributed by atoms with Crippen LogP contribution in [0.1, 0.15) is 12.8 Å². The van der Waals surface area contributed by atoms with Gasteiger partial charge in [-0.15, -0.1) is 6.58 Å². The van der Waals surface area contributed by atoms with E-state index in [1.807, 2.05) is 0 Å². The molecule has 2 N–H and O–H groups in total. The maximum Gasteiger partial charge on any atom is 0.246 e. The summed E-state index contributed by atoms with van der Waals surface area (Å²) in [5.41, 5.74) is 0. The quantitative estimate of drug-likeness (QED) is 0.471. The van der Waals surface area contributed by atoms with Gasteiger partial charge >= 0.3 is 0 Å². The Morgan fingerprint density at radius 2 is 2.53 bits per heavy atom. The molecule has 0 radical (unpaired) electrons. The van der Waals surface area contributed by atoms with E-state index >= 15 is 0 Å². The van der Waals surface area contributed by atoms with E-state index < -0.39 is 0 Å². The topological polar surface area (TPSA) is 50.4 Å². The van der Waals surface area contributed by atoms with Gasteiger partial charge in [0.1, 0.15) is 6.61 Å². The molecule has 0 aliphatic carbocycles. The minimum Gasteiger partial charge on any atom is -0.368 e. The molecule has 0 bridgehead atoms. The van der Waals surface area contributed by atoms with E-state index in [4.69, 9.17) is 4.74 Å². The smallest absolute Gasteiger partial charge is 0.246 e. The Hall–Kier alpha value is -0.870. The second-order valence-electron chi connectivity index (χ2n) is 3.80. The maximum atomic E-state index is 11.2. The molecule has 86 valence electrons. The fraction of sp³-hybridized carbons (Fsp3) is 0.727. The molecule has 1 amide bonds. The molecule has 1 unspecified atom stereocenters. The van der Waals surface area contributed by atoms with Crippen LogP contribution in [0.15, 0.2) is 12.7 Å². The van der Waals surface area contributed by atoms with Crippen molar-refractivity contribution in [3.8, 4) is 0 Å². The van der Waals surface area contributed by atoms with Crippen molar-refractivity contribution >= 4 is 5.91 Å². The summed E-state index contributed by atoms with van der Waals surface area (Å²) < 4.78 is 5.02. The highest BCUT2D eigenvalue weighted by atomic mass is 16.5. The van der Waals surface area contributed by atoms with Crippen molar-refractivity contribution in [2.75, 3.05) is 32.8 Å². The van der Waals surface area contributed by atoms with Gasteiger partial charge in [-0.05, 0) is 31.8 Å². The average molecular weight is 212 g/mol. The van der Waals surface area contributed by atoms with E-state index in [-0.39, 0.29) is 12.5 Å². The van der Waals surface area contributed by atoms with Crippen molar-refractivity contribution in [1.82, 2.24) is 10.6 Å². The third-order valence-corrected chi connectivity index (χ3v) is 2.51. The Kier molecular flexibility index (Phi) is 6.04. The van der Waals surface area contributed by atoms with Crippen molar-refractivity contribution in [3.05, 3.63) is 12.7 Å². The first-order valence-electron chi connectivity index (χ1n) is 5.49. The largest absolute Gasteiger partial charge is 0.368 e. The number of hydrogen-bond donors (Lipinski definition) is 2. The van der Waals surface area contributed by atoms with Crippen LogP contribution in [-0.4, -0.2) is 38.8 Å². The molecule has 15 heavy (non-hydrogen) atoms. The van der Waals surface area contributed by atoms with Crippen LogP contribution in [0.2, 0.25) is 0 Å². The van der Waals surface area contributed by atoms with E-state index in [0.29, 0.717) is 6.61 Å². The summed E-state index contributed by atoms with van der Waals surface area (Å²) in [6, 6.07) is 0. The Morgan fingerprint density at radius 3 is 3.20 bits per heavy atom. The highest BCUT2D eigenvalue weighted by molar-refractivity contribution is 5.77. The van der Waals surface area contributed by atoms with Gasteiger partial charge in [-0.1, -0.05) is 6.08 Å². The Bertz CT molecular complexity index is 201. The van der Waals surface area contributed by atoms with Gasteiger partial charge in [-0.25, -0.2) is 0 Å². The van der Waals surface area contributed by atoms with Gasteiger partial charge in [0.25, 0.3) is 0 Å². The van der Waals surface area contributed by atoms with Gasteiger partial charge in [0, 0.05) is 6.54 Å². The predicted molar refractivity (Wildman–Crippen MR) is 59.6 cm³/mol. The fourth-order valence-corrected chi connectivity index (χ4v) is 1.66. The van der Waals surface area contributed by atoms with E-state index in [9.17, 15) is 4.79 Å². The number of rotatable bonds is 7. The van der Waals surface area contributed by atoms with Crippen LogP contribution in [0.25, 0.3) is 0 Å². The molecule has 0 spiro atoms. The summed E-state index contributed by atoms with van der Waals surface area (Å²) in [5, 5.41) is 6.15. The molecule has 0 aromatic rings. The molecular weight excluding hydrogens is 192 g/mol. The van der Waals surface area contributed by atoms with Crippen molar-refractivity contribution in [1.29, 1.82) is 0 Å². The summed E-state index contributed by atoms with van der Waals surface area (Å²) in [4.78, 5) is 11.2. The van der Waals surface area contributed by atoms with Gasteiger partial charge < -0.3 is 15.4 Å². The molecule has 1 saturated heterocycles. The number of nitrogens with one attached hydrogen (secondary N) is 2. The average Bonchev–Trinajstić information content (AvgIpc) is 2.71. The van der Waals surface area contributed by atoms with Crippen LogP contribution in [-0.2, 0) is 9.53 Å². The third kappa shape index (κ3) is 5.54. The zero-order chi connectivity index (χ0) is 10.9. The first-order valence-corrected chi connectivity index (χ1v) is 5.49. The number of carbonyl (C=O) groups excluding carboxylic acids is 1. The van der Waals surface area contributed by atoms with Crippen LogP contribution in [0.5, 0.6) is 0 Å². The first kappa shape index (κ1) is 12.2. The van der Waals surface area contributed by atoms with Crippen LogP contribution in [0.3, 0.4) is 0 Å². The molecule has 1 aliphatic heterocycles. The SMILES string of the molecule is C=CCOCC(=O)NCCC1CCNC1. The number of carbonyl (C=O) groups is 1. The Labute approximate surface area is 91.1 Å². The normalized spacial score (nSPS) is 20.1. The molecule has 4 heteroatoms. The molecule has 1 rings (SSSR count). The van der Waals surface area contributed by atoms with Gasteiger partial charge in [0.15, 0.2) is 0 Å². The highest BCUT2D eigenvalue weighted by Crippen LogP contribution is 2.10. The zero-order valence-corrected chi connectivity index (χ0v) is 9.13. The molecule has 1 atom stereocenters. The Balaban J connectivity index is 1.93. The van der Waals surface area contributed by atoms with Gasteiger partial charge in [-0.3, -0.25) is 4.79 Å². The van der Waals surface area contributed by atoms with E-state index in [2.05, 4.69) is 17.2 Å². The monoisotopic (exact) mass is 212 g/mol. The summed E-state index contributed by atoms with van der Waals surface area (Å²) in [5.74, 6) is 0.683. The molecule has 0 aromatic heterocycles.